The van der Waals surface area contributed by atoms with Crippen molar-refractivity contribution in [2.75, 3.05) is 6.54 Å². The Morgan fingerprint density at radius 2 is 2.06 bits per heavy atom. The molecule has 0 bridgehead atoms. The van der Waals surface area contributed by atoms with Gasteiger partial charge in [0.1, 0.15) is 0 Å². The molecule has 18 heavy (non-hydrogen) atoms. The van der Waals surface area contributed by atoms with Crippen LogP contribution in [0, 0.1) is 5.92 Å². The summed E-state index contributed by atoms with van der Waals surface area (Å²) >= 11 is 0. The number of sulfonamides is 1. The highest BCUT2D eigenvalue weighted by atomic mass is 32.2. The summed E-state index contributed by atoms with van der Waals surface area (Å²) in [7, 11) is -3.58. The van der Waals surface area contributed by atoms with Crippen molar-refractivity contribution in [2.45, 2.75) is 56.8 Å². The average Bonchev–Trinajstić information content (AvgIpc) is 2.24. The van der Waals surface area contributed by atoms with Gasteiger partial charge in [0.2, 0.25) is 0 Å². The van der Waals surface area contributed by atoms with Gasteiger partial charge in [-0.3, -0.25) is 4.79 Å². The lowest BCUT2D eigenvalue weighted by Gasteiger charge is -2.47. The quantitative estimate of drug-likeness (QED) is 0.811. The number of aliphatic hydroxyl groups is 1. The number of β-amino-alcohol motifs (C(OH)–C–C–N with tert-alkyl or cyclic N) is 1. The van der Waals surface area contributed by atoms with Crippen LogP contribution >= 0.6 is 0 Å². The van der Waals surface area contributed by atoms with E-state index in [1.54, 1.807) is 0 Å². The number of nitrogens with zero attached hydrogens (tertiary/aromatic N) is 1. The van der Waals surface area contributed by atoms with Gasteiger partial charge in [-0.1, -0.05) is 19.8 Å². The smallest absolute Gasteiger partial charge is 0.258 e. The van der Waals surface area contributed by atoms with E-state index in [9.17, 15) is 18.3 Å². The Bertz CT molecular complexity index is 470. The SMILES string of the molecule is CC1CCCC(O)(CN2C(=O)C(C)(C)S2(=O)=O)C1. The monoisotopic (exact) mass is 275 g/mol. The molecule has 6 heteroatoms. The van der Waals surface area contributed by atoms with Crippen LogP contribution in [0.1, 0.15) is 46.5 Å². The standard InChI is InChI=1S/C12H21NO4S/c1-9-5-4-6-12(15,7-9)8-13-10(14)11(2,3)18(13,16)17/h9,15H,4-8H2,1-3H3. The molecule has 2 fully saturated rings. The molecule has 0 aromatic rings. The maximum atomic E-state index is 12.0. The highest BCUT2D eigenvalue weighted by molar-refractivity contribution is 7.94. The molecule has 104 valence electrons. The van der Waals surface area contributed by atoms with Crippen molar-refractivity contribution in [1.82, 2.24) is 4.31 Å². The van der Waals surface area contributed by atoms with Crippen molar-refractivity contribution in [2.24, 2.45) is 5.92 Å². The second kappa shape index (κ2) is 3.93. The first-order chi connectivity index (χ1) is 8.10. The number of carbonyl (C=O) groups excluding carboxylic acids is 1. The van der Waals surface area contributed by atoms with Crippen molar-refractivity contribution < 1.29 is 18.3 Å². The first-order valence-corrected chi connectivity index (χ1v) is 7.83. The molecule has 1 aliphatic carbocycles. The maximum absolute atomic E-state index is 12.0. The Balaban J connectivity index is 2.14. The van der Waals surface area contributed by atoms with Gasteiger partial charge in [0.05, 0.1) is 12.1 Å². The fourth-order valence-electron chi connectivity index (χ4n) is 2.96. The van der Waals surface area contributed by atoms with Crippen LogP contribution in [0.3, 0.4) is 0 Å². The van der Waals surface area contributed by atoms with E-state index >= 15 is 0 Å². The lowest BCUT2D eigenvalue weighted by molar-refractivity contribution is -0.136. The van der Waals surface area contributed by atoms with Crippen LogP contribution < -0.4 is 0 Å². The summed E-state index contributed by atoms with van der Waals surface area (Å²) in [5.74, 6) is -0.0370. The molecule has 1 saturated heterocycles. The van der Waals surface area contributed by atoms with Crippen LogP contribution in [-0.2, 0) is 14.8 Å². The minimum absolute atomic E-state index is 0.0814. The van der Waals surface area contributed by atoms with Crippen molar-refractivity contribution in [3.63, 3.8) is 0 Å². The van der Waals surface area contributed by atoms with Crippen LogP contribution in [-0.4, -0.2) is 40.6 Å². The molecule has 1 heterocycles. The van der Waals surface area contributed by atoms with Crippen molar-refractivity contribution >= 4 is 15.9 Å². The zero-order valence-corrected chi connectivity index (χ0v) is 12.0. The minimum atomic E-state index is -3.58. The maximum Gasteiger partial charge on any atom is 0.258 e. The average molecular weight is 275 g/mol. The van der Waals surface area contributed by atoms with Gasteiger partial charge in [0, 0.05) is 0 Å². The third kappa shape index (κ3) is 1.86. The summed E-state index contributed by atoms with van der Waals surface area (Å²) in [5, 5.41) is 10.4. The molecule has 1 saturated carbocycles. The highest BCUT2D eigenvalue weighted by Crippen LogP contribution is 2.39. The molecule has 2 rings (SSSR count). The predicted molar refractivity (Wildman–Crippen MR) is 67.3 cm³/mol. The van der Waals surface area contributed by atoms with Crippen molar-refractivity contribution in [3.05, 3.63) is 0 Å². The molecule has 2 aliphatic rings. The zero-order valence-electron chi connectivity index (χ0n) is 11.1. The summed E-state index contributed by atoms with van der Waals surface area (Å²) in [4.78, 5) is 11.8. The van der Waals surface area contributed by atoms with E-state index < -0.39 is 26.3 Å². The van der Waals surface area contributed by atoms with Gasteiger partial charge >= 0.3 is 0 Å². The Hall–Kier alpha value is -0.620. The van der Waals surface area contributed by atoms with E-state index in [4.69, 9.17) is 0 Å². The van der Waals surface area contributed by atoms with E-state index in [1.807, 2.05) is 6.92 Å². The van der Waals surface area contributed by atoms with E-state index in [-0.39, 0.29) is 6.54 Å². The third-order valence-corrected chi connectivity index (χ3v) is 6.52. The fourth-order valence-corrected chi connectivity index (χ4v) is 4.56. The third-order valence-electron chi connectivity index (χ3n) is 4.18. The second-order valence-corrected chi connectivity index (χ2v) is 8.66. The fraction of sp³-hybridized carbons (Fsp3) is 0.917. The summed E-state index contributed by atoms with van der Waals surface area (Å²) in [6.45, 7) is 4.78. The summed E-state index contributed by atoms with van der Waals surface area (Å²) in [5.41, 5.74) is -1.04. The molecule has 0 aromatic heterocycles. The van der Waals surface area contributed by atoms with Gasteiger partial charge in [-0.25, -0.2) is 12.7 Å². The van der Waals surface area contributed by atoms with Crippen LogP contribution in [0.4, 0.5) is 0 Å². The molecule has 5 nitrogen and oxygen atoms in total. The van der Waals surface area contributed by atoms with Crippen LogP contribution in [0.15, 0.2) is 0 Å². The molecule has 2 atom stereocenters. The molecule has 0 spiro atoms. The molecule has 1 aliphatic heterocycles. The van der Waals surface area contributed by atoms with E-state index in [2.05, 4.69) is 0 Å². The van der Waals surface area contributed by atoms with Gasteiger partial charge in [0.25, 0.3) is 15.9 Å². The van der Waals surface area contributed by atoms with Crippen LogP contribution in [0.5, 0.6) is 0 Å². The lowest BCUT2D eigenvalue weighted by Crippen LogP contribution is -2.69. The largest absolute Gasteiger partial charge is 0.388 e. The summed E-state index contributed by atoms with van der Waals surface area (Å²) < 4.78 is 23.5. The van der Waals surface area contributed by atoms with Crippen LogP contribution in [0.25, 0.3) is 0 Å². The van der Waals surface area contributed by atoms with Gasteiger partial charge < -0.3 is 5.11 Å². The van der Waals surface area contributed by atoms with Gasteiger partial charge in [-0.05, 0) is 32.6 Å². The summed E-state index contributed by atoms with van der Waals surface area (Å²) in [6.07, 6.45) is 3.06. The van der Waals surface area contributed by atoms with E-state index in [0.717, 1.165) is 17.1 Å². The molecular formula is C12H21NO4S. The topological polar surface area (TPSA) is 74.7 Å². The Morgan fingerprint density at radius 1 is 1.44 bits per heavy atom. The predicted octanol–water partition coefficient (Wildman–Crippen LogP) is 0.878. The Morgan fingerprint density at radius 3 is 2.56 bits per heavy atom. The summed E-state index contributed by atoms with van der Waals surface area (Å²) in [6, 6.07) is 0. The van der Waals surface area contributed by atoms with Gasteiger partial charge in [-0.15, -0.1) is 0 Å². The second-order valence-electron chi connectivity index (χ2n) is 6.25. The molecule has 0 radical (unpaired) electrons. The number of carbonyl (C=O) groups is 1. The Kier molecular flexibility index (Phi) is 3.02. The number of amides is 1. The first kappa shape index (κ1) is 13.8. The van der Waals surface area contributed by atoms with Crippen LogP contribution in [0.2, 0.25) is 0 Å². The van der Waals surface area contributed by atoms with Gasteiger partial charge in [-0.2, -0.15) is 0 Å². The minimum Gasteiger partial charge on any atom is -0.388 e. The molecule has 2 unspecified atom stereocenters. The van der Waals surface area contributed by atoms with Crippen molar-refractivity contribution in [3.8, 4) is 0 Å². The first-order valence-electron chi connectivity index (χ1n) is 6.39. The van der Waals surface area contributed by atoms with Gasteiger partial charge in [0.15, 0.2) is 4.75 Å². The normalized spacial score (nSPS) is 38.3. The molecule has 1 N–H and O–H groups in total. The molecular weight excluding hydrogens is 254 g/mol. The van der Waals surface area contributed by atoms with Crippen molar-refractivity contribution in [1.29, 1.82) is 0 Å². The number of rotatable bonds is 2. The number of hydrogen-bond acceptors (Lipinski definition) is 4. The van der Waals surface area contributed by atoms with E-state index in [0.29, 0.717) is 18.8 Å². The Labute approximate surface area is 108 Å². The highest BCUT2D eigenvalue weighted by Gasteiger charge is 2.61. The zero-order chi connectivity index (χ0) is 13.8. The molecule has 1 amide bonds. The van der Waals surface area contributed by atoms with E-state index in [1.165, 1.54) is 13.8 Å². The number of hydrogen-bond donors (Lipinski definition) is 1. The molecule has 0 aromatic carbocycles. The lowest BCUT2D eigenvalue weighted by atomic mass is 9.79.